The van der Waals surface area contributed by atoms with Gasteiger partial charge >= 0.3 is 5.97 Å². The SMILES string of the molecule is O=C(O)Cc1ccc(C#CCS)cn1. The van der Waals surface area contributed by atoms with Crippen LogP contribution in [0.4, 0.5) is 0 Å². The number of carboxylic acids is 1. The lowest BCUT2D eigenvalue weighted by atomic mass is 10.2. The molecule has 72 valence electrons. The predicted octanol–water partition coefficient (Wildman–Crippen LogP) is 0.990. The average molecular weight is 207 g/mol. The van der Waals surface area contributed by atoms with Gasteiger partial charge in [-0.15, -0.1) is 0 Å². The van der Waals surface area contributed by atoms with Crippen molar-refractivity contribution < 1.29 is 9.90 Å². The molecular formula is C10H9NO2S. The van der Waals surface area contributed by atoms with Crippen molar-refractivity contribution in [1.29, 1.82) is 0 Å². The van der Waals surface area contributed by atoms with Gasteiger partial charge in [-0.05, 0) is 12.1 Å². The zero-order valence-corrected chi connectivity index (χ0v) is 8.29. The molecule has 0 saturated carbocycles. The molecule has 0 aliphatic carbocycles. The molecule has 0 unspecified atom stereocenters. The van der Waals surface area contributed by atoms with Crippen molar-refractivity contribution in [3.8, 4) is 11.8 Å². The average Bonchev–Trinajstić information content (AvgIpc) is 2.16. The quantitative estimate of drug-likeness (QED) is 0.561. The summed E-state index contributed by atoms with van der Waals surface area (Å²) in [5.41, 5.74) is 1.31. The van der Waals surface area contributed by atoms with Crippen molar-refractivity contribution in [2.45, 2.75) is 6.42 Å². The Hall–Kier alpha value is -1.47. The van der Waals surface area contributed by atoms with E-state index in [-0.39, 0.29) is 6.42 Å². The lowest BCUT2D eigenvalue weighted by molar-refractivity contribution is -0.136. The van der Waals surface area contributed by atoms with Gasteiger partial charge in [0.2, 0.25) is 0 Å². The molecule has 1 N–H and O–H groups in total. The van der Waals surface area contributed by atoms with Gasteiger partial charge < -0.3 is 5.11 Å². The van der Waals surface area contributed by atoms with Gasteiger partial charge in [0.1, 0.15) is 0 Å². The summed E-state index contributed by atoms with van der Waals surface area (Å²) in [5.74, 6) is 5.24. The molecule has 14 heavy (non-hydrogen) atoms. The molecule has 0 aliphatic rings. The van der Waals surface area contributed by atoms with Crippen molar-refractivity contribution in [3.63, 3.8) is 0 Å². The highest BCUT2D eigenvalue weighted by Gasteiger charge is 2.00. The molecule has 1 heterocycles. The summed E-state index contributed by atoms with van der Waals surface area (Å²) >= 11 is 3.94. The van der Waals surface area contributed by atoms with E-state index < -0.39 is 5.97 Å². The zero-order chi connectivity index (χ0) is 10.4. The van der Waals surface area contributed by atoms with Crippen LogP contribution >= 0.6 is 12.6 Å². The minimum absolute atomic E-state index is 0.0553. The number of aliphatic carboxylic acids is 1. The molecular weight excluding hydrogens is 198 g/mol. The largest absolute Gasteiger partial charge is 0.481 e. The fraction of sp³-hybridized carbons (Fsp3) is 0.200. The molecule has 0 aromatic carbocycles. The van der Waals surface area contributed by atoms with Gasteiger partial charge in [0.15, 0.2) is 0 Å². The Bertz CT molecular complexity index is 375. The lowest BCUT2D eigenvalue weighted by Gasteiger charge is -1.95. The first-order chi connectivity index (χ1) is 6.72. The summed E-state index contributed by atoms with van der Waals surface area (Å²) in [6.07, 6.45) is 1.51. The van der Waals surface area contributed by atoms with Crippen LogP contribution in [0, 0.1) is 11.8 Å². The third-order valence-electron chi connectivity index (χ3n) is 1.47. The third-order valence-corrected chi connectivity index (χ3v) is 1.63. The van der Waals surface area contributed by atoms with Crippen LogP contribution < -0.4 is 0 Å². The molecule has 0 bridgehead atoms. The second-order valence-corrected chi connectivity index (χ2v) is 2.88. The summed E-state index contributed by atoms with van der Waals surface area (Å²) < 4.78 is 0. The number of thiol groups is 1. The van der Waals surface area contributed by atoms with Gasteiger partial charge in [0.25, 0.3) is 0 Å². The zero-order valence-electron chi connectivity index (χ0n) is 7.40. The number of carbonyl (C=O) groups is 1. The van der Waals surface area contributed by atoms with Gasteiger partial charge in [-0.1, -0.05) is 11.8 Å². The summed E-state index contributed by atoms with van der Waals surface area (Å²) in [7, 11) is 0. The number of rotatable bonds is 2. The third kappa shape index (κ3) is 3.50. The lowest BCUT2D eigenvalue weighted by Crippen LogP contribution is -2.01. The first-order valence-corrected chi connectivity index (χ1v) is 4.62. The summed E-state index contributed by atoms with van der Waals surface area (Å²) in [5, 5.41) is 8.50. The summed E-state index contributed by atoms with van der Waals surface area (Å²) in [6.45, 7) is 0. The van der Waals surface area contributed by atoms with E-state index in [9.17, 15) is 4.79 Å². The number of aromatic nitrogens is 1. The van der Waals surface area contributed by atoms with Gasteiger partial charge in [0.05, 0.1) is 17.9 Å². The van der Waals surface area contributed by atoms with Crippen molar-refractivity contribution in [1.82, 2.24) is 4.98 Å². The minimum atomic E-state index is -0.883. The Morgan fingerprint density at radius 3 is 2.86 bits per heavy atom. The molecule has 3 nitrogen and oxygen atoms in total. The van der Waals surface area contributed by atoms with Crippen LogP contribution in [0.3, 0.4) is 0 Å². The molecule has 4 heteroatoms. The fourth-order valence-electron chi connectivity index (χ4n) is 0.900. The molecule has 0 saturated heterocycles. The number of hydrogen-bond acceptors (Lipinski definition) is 3. The number of hydrogen-bond donors (Lipinski definition) is 2. The maximum absolute atomic E-state index is 10.3. The summed E-state index contributed by atoms with van der Waals surface area (Å²) in [6, 6.07) is 3.42. The standard InChI is InChI=1S/C10H9NO2S/c12-10(13)6-9-4-3-8(7-11-9)2-1-5-14/h3-4,7,14H,5-6H2,(H,12,13). The van der Waals surface area contributed by atoms with Crippen LogP contribution in [0.1, 0.15) is 11.3 Å². The van der Waals surface area contributed by atoms with Crippen molar-refractivity contribution in [2.24, 2.45) is 0 Å². The second kappa shape index (κ2) is 5.30. The van der Waals surface area contributed by atoms with Gasteiger partial charge in [-0.25, -0.2) is 0 Å². The van der Waals surface area contributed by atoms with Crippen LogP contribution in [0.25, 0.3) is 0 Å². The van der Waals surface area contributed by atoms with E-state index in [0.717, 1.165) is 5.56 Å². The highest BCUT2D eigenvalue weighted by molar-refractivity contribution is 7.80. The van der Waals surface area contributed by atoms with Crippen LogP contribution in [0.15, 0.2) is 18.3 Å². The van der Waals surface area contributed by atoms with E-state index in [2.05, 4.69) is 29.5 Å². The van der Waals surface area contributed by atoms with E-state index in [1.165, 1.54) is 0 Å². The van der Waals surface area contributed by atoms with E-state index in [1.807, 2.05) is 0 Å². The van der Waals surface area contributed by atoms with Crippen LogP contribution in [-0.2, 0) is 11.2 Å². The van der Waals surface area contributed by atoms with Crippen molar-refractivity contribution in [3.05, 3.63) is 29.6 Å². The number of pyridine rings is 1. The predicted molar refractivity (Wildman–Crippen MR) is 56.3 cm³/mol. The van der Waals surface area contributed by atoms with E-state index >= 15 is 0 Å². The molecule has 1 aromatic rings. The van der Waals surface area contributed by atoms with Crippen LogP contribution in [0.5, 0.6) is 0 Å². The molecule has 0 fully saturated rings. The molecule has 0 radical (unpaired) electrons. The Labute approximate surface area is 87.6 Å². The summed E-state index contributed by atoms with van der Waals surface area (Å²) in [4.78, 5) is 14.3. The molecule has 0 aliphatic heterocycles. The number of nitrogens with zero attached hydrogens (tertiary/aromatic N) is 1. The molecule has 0 amide bonds. The smallest absolute Gasteiger partial charge is 0.309 e. The van der Waals surface area contributed by atoms with Crippen LogP contribution in [-0.4, -0.2) is 21.8 Å². The highest BCUT2D eigenvalue weighted by Crippen LogP contribution is 1.99. The maximum Gasteiger partial charge on any atom is 0.309 e. The molecule has 1 aromatic heterocycles. The topological polar surface area (TPSA) is 50.2 Å². The molecule has 0 atom stereocenters. The van der Waals surface area contributed by atoms with E-state index in [4.69, 9.17) is 5.11 Å². The second-order valence-electron chi connectivity index (χ2n) is 2.57. The fourth-order valence-corrected chi connectivity index (χ4v) is 0.979. The molecule has 1 rings (SSSR count). The monoisotopic (exact) mass is 207 g/mol. The first-order valence-electron chi connectivity index (χ1n) is 3.99. The van der Waals surface area contributed by atoms with Gasteiger partial charge in [-0.2, -0.15) is 12.6 Å². The van der Waals surface area contributed by atoms with Gasteiger partial charge in [0, 0.05) is 11.8 Å². The Balaban J connectivity index is 2.73. The first kappa shape index (κ1) is 10.6. The Morgan fingerprint density at radius 2 is 2.36 bits per heavy atom. The van der Waals surface area contributed by atoms with Crippen LogP contribution in [0.2, 0.25) is 0 Å². The normalized spacial score (nSPS) is 8.93. The Kier molecular flexibility index (Phi) is 4.02. The maximum atomic E-state index is 10.3. The Morgan fingerprint density at radius 1 is 1.57 bits per heavy atom. The van der Waals surface area contributed by atoms with E-state index in [0.29, 0.717) is 11.4 Å². The molecule has 0 spiro atoms. The minimum Gasteiger partial charge on any atom is -0.481 e. The van der Waals surface area contributed by atoms with Gasteiger partial charge in [-0.3, -0.25) is 9.78 Å². The highest BCUT2D eigenvalue weighted by atomic mass is 32.1. The number of carboxylic acid groups (broad SMARTS) is 1. The van der Waals surface area contributed by atoms with Crippen molar-refractivity contribution in [2.75, 3.05) is 5.75 Å². The van der Waals surface area contributed by atoms with Crippen molar-refractivity contribution >= 4 is 18.6 Å². The van der Waals surface area contributed by atoms with E-state index in [1.54, 1.807) is 18.3 Å².